The summed E-state index contributed by atoms with van der Waals surface area (Å²) in [6, 6.07) is 5.23. The number of likely N-dealkylation sites (tertiary alicyclic amines) is 1. The normalized spacial score (nSPS) is 26.5. The Labute approximate surface area is 226 Å². The number of hydrazone groups is 1. The van der Waals surface area contributed by atoms with Crippen LogP contribution < -0.4 is 32.1 Å². The predicted molar refractivity (Wildman–Crippen MR) is 142 cm³/mol. The molecule has 2 saturated carbocycles. The van der Waals surface area contributed by atoms with Gasteiger partial charge in [0.2, 0.25) is 21.8 Å². The van der Waals surface area contributed by atoms with Crippen LogP contribution in [-0.2, 0) is 24.4 Å². The Hall–Kier alpha value is -3.69. The Morgan fingerprint density at radius 2 is 1.95 bits per heavy atom. The van der Waals surface area contributed by atoms with Gasteiger partial charge in [0, 0.05) is 24.4 Å². The molecule has 15 heteroatoms. The molecule has 3 fully saturated rings. The molecule has 2 aliphatic carbocycles. The third-order valence-electron chi connectivity index (χ3n) is 7.31. The lowest BCUT2D eigenvalue weighted by molar-refractivity contribution is -0.138. The molecule has 0 radical (unpaired) electrons. The molecule has 1 heterocycles. The summed E-state index contributed by atoms with van der Waals surface area (Å²) in [5, 5.41) is 7.39. The molecule has 0 unspecified atom stereocenters. The van der Waals surface area contributed by atoms with Crippen LogP contribution in [0.25, 0.3) is 0 Å². The summed E-state index contributed by atoms with van der Waals surface area (Å²) in [6.07, 6.45) is 2.70. The zero-order chi connectivity index (χ0) is 28.5. The van der Waals surface area contributed by atoms with Crippen molar-refractivity contribution in [1.82, 2.24) is 20.1 Å². The van der Waals surface area contributed by atoms with Crippen molar-refractivity contribution < 1.29 is 27.5 Å². The zero-order valence-electron chi connectivity index (χ0n) is 21.6. The van der Waals surface area contributed by atoms with Crippen molar-refractivity contribution in [3.05, 3.63) is 42.5 Å². The Kier molecular flexibility index (Phi) is 7.86. The molecule has 1 aromatic rings. The highest BCUT2D eigenvalue weighted by molar-refractivity contribution is 7.91. The lowest BCUT2D eigenvalue weighted by Gasteiger charge is -2.26. The van der Waals surface area contributed by atoms with E-state index in [1.807, 2.05) is 0 Å². The van der Waals surface area contributed by atoms with Crippen LogP contribution in [-0.4, -0.2) is 85.1 Å². The van der Waals surface area contributed by atoms with Crippen molar-refractivity contribution >= 4 is 33.6 Å². The molecule has 212 valence electrons. The highest BCUT2D eigenvalue weighted by atomic mass is 32.2. The highest BCUT2D eigenvalue weighted by Crippen LogP contribution is 2.45. The number of benzene rings is 1. The Morgan fingerprint density at radius 3 is 2.49 bits per heavy atom. The van der Waals surface area contributed by atoms with Gasteiger partial charge >= 0.3 is 0 Å². The van der Waals surface area contributed by atoms with Gasteiger partial charge in [-0.15, -0.1) is 11.7 Å². The Morgan fingerprint density at radius 1 is 1.28 bits per heavy atom. The maximum atomic E-state index is 13.4. The van der Waals surface area contributed by atoms with Gasteiger partial charge < -0.3 is 26.4 Å². The van der Waals surface area contributed by atoms with E-state index in [0.29, 0.717) is 24.2 Å². The van der Waals surface area contributed by atoms with Crippen LogP contribution in [0.1, 0.15) is 31.2 Å². The molecular formula is C24H34N8O6S. The quantitative estimate of drug-likeness (QED) is 0.0663. The van der Waals surface area contributed by atoms with Gasteiger partial charge in [-0.25, -0.2) is 19.4 Å². The first-order valence-corrected chi connectivity index (χ1v) is 14.0. The molecule has 4 rings (SSSR count). The summed E-state index contributed by atoms with van der Waals surface area (Å²) in [4.78, 5) is 40.4. The van der Waals surface area contributed by atoms with Crippen molar-refractivity contribution in [2.45, 2.75) is 48.6 Å². The fourth-order valence-electron chi connectivity index (χ4n) is 4.69. The molecule has 14 nitrogen and oxygen atoms in total. The van der Waals surface area contributed by atoms with E-state index in [0.717, 1.165) is 5.12 Å². The van der Waals surface area contributed by atoms with Crippen LogP contribution in [0.4, 0.5) is 0 Å². The summed E-state index contributed by atoms with van der Waals surface area (Å²) in [7, 11) is -2.28. The number of nitrogens with two attached hydrogens (primary N) is 3. The van der Waals surface area contributed by atoms with Gasteiger partial charge in [-0.1, -0.05) is 6.08 Å². The summed E-state index contributed by atoms with van der Waals surface area (Å²) in [5.74, 6) is 4.51. The van der Waals surface area contributed by atoms with E-state index in [1.54, 1.807) is 31.4 Å². The number of hydrogen-bond acceptors (Lipinski definition) is 10. The third-order valence-corrected chi connectivity index (χ3v) is 9.13. The Bertz CT molecular complexity index is 1280. The van der Waals surface area contributed by atoms with Gasteiger partial charge in [0.1, 0.15) is 17.3 Å². The maximum Gasteiger partial charge on any atom is 0.259 e. The minimum atomic E-state index is -3.83. The highest BCUT2D eigenvalue weighted by Gasteiger charge is 2.61. The van der Waals surface area contributed by atoms with Crippen LogP contribution in [0, 0.1) is 5.92 Å². The first kappa shape index (κ1) is 28.3. The molecule has 0 bridgehead atoms. The van der Waals surface area contributed by atoms with Gasteiger partial charge in [-0.2, -0.15) is 0 Å². The summed E-state index contributed by atoms with van der Waals surface area (Å²) >= 11 is 0. The average molecular weight is 563 g/mol. The second kappa shape index (κ2) is 10.8. The molecule has 8 N–H and O–H groups in total. The molecule has 0 aromatic heterocycles. The van der Waals surface area contributed by atoms with E-state index in [1.165, 1.54) is 11.0 Å². The van der Waals surface area contributed by atoms with E-state index >= 15 is 0 Å². The summed E-state index contributed by atoms with van der Waals surface area (Å²) in [6.45, 7) is 3.37. The molecule has 39 heavy (non-hydrogen) atoms. The number of nitrogens with zero attached hydrogens (tertiary/aromatic N) is 3. The number of carbonyl (C=O) groups excluding carboxylic acids is 3. The minimum absolute atomic E-state index is 0.0319. The largest absolute Gasteiger partial charge is 0.497 e. The molecule has 0 spiro atoms. The molecule has 3 amide bonds. The van der Waals surface area contributed by atoms with Crippen molar-refractivity contribution in [2.75, 3.05) is 20.2 Å². The molecule has 3 aliphatic rings. The van der Waals surface area contributed by atoms with Crippen LogP contribution >= 0.6 is 0 Å². The number of amides is 3. The molecule has 4 atom stereocenters. The van der Waals surface area contributed by atoms with Crippen LogP contribution in [0.3, 0.4) is 0 Å². The number of sulfonamides is 1. The van der Waals surface area contributed by atoms with Gasteiger partial charge in [-0.3, -0.25) is 19.1 Å². The first-order chi connectivity index (χ1) is 18.4. The molecule has 1 saturated heterocycles. The second-order valence-electron chi connectivity index (χ2n) is 9.93. The topological polar surface area (TPSA) is 216 Å². The molecule has 1 aliphatic heterocycles. The molecular weight excluding hydrogens is 528 g/mol. The standard InChI is InChI=1S/C24H34N8O6S/c1-3-15-11-24(15,23(35)30-39(36,37)18-8-9-18)28-22(34)19-10-16(13-31(19)20(33)12-25)32(27)29-21(26)14-4-6-17(38-2)7-5-14/h3-7,15-16,18-19H,1,8-13,25,27H2,2H3,(H2,26,29)(H,28,34)(H,30,35)/t15-,16-,19+,24-/m1/s1. The summed E-state index contributed by atoms with van der Waals surface area (Å²) in [5.41, 5.74) is 10.8. The van der Waals surface area contributed by atoms with Gasteiger partial charge in [0.15, 0.2) is 5.84 Å². The van der Waals surface area contributed by atoms with Crippen molar-refractivity contribution in [3.8, 4) is 5.75 Å². The molecule has 1 aromatic carbocycles. The number of rotatable bonds is 11. The Balaban J connectivity index is 1.49. The summed E-state index contributed by atoms with van der Waals surface area (Å²) < 4.78 is 31.9. The zero-order valence-corrected chi connectivity index (χ0v) is 22.4. The fourth-order valence-corrected chi connectivity index (χ4v) is 6.06. The minimum Gasteiger partial charge on any atom is -0.497 e. The van der Waals surface area contributed by atoms with E-state index in [4.69, 9.17) is 22.0 Å². The maximum absolute atomic E-state index is 13.4. The number of methoxy groups -OCH3 is 1. The van der Waals surface area contributed by atoms with Crippen molar-refractivity contribution in [1.29, 1.82) is 0 Å². The monoisotopic (exact) mass is 562 g/mol. The van der Waals surface area contributed by atoms with E-state index in [2.05, 4.69) is 21.7 Å². The number of hydrogen-bond donors (Lipinski definition) is 5. The smallest absolute Gasteiger partial charge is 0.259 e. The number of ether oxygens (including phenoxy) is 1. The van der Waals surface area contributed by atoms with Crippen LogP contribution in [0.5, 0.6) is 5.75 Å². The number of hydrazine groups is 1. The van der Waals surface area contributed by atoms with Crippen molar-refractivity contribution in [3.63, 3.8) is 0 Å². The fraction of sp³-hybridized carbons (Fsp3) is 0.500. The third kappa shape index (κ3) is 5.84. The SMILES string of the molecule is C=C[C@@H]1C[C@]1(NC(=O)[C@@H]1C[C@@H](N(N)/N=C(\N)c2ccc(OC)cc2)CN1C(=O)CN)C(=O)NS(=O)(=O)C1CC1. The van der Waals surface area contributed by atoms with Gasteiger partial charge in [0.05, 0.1) is 24.9 Å². The lowest BCUT2D eigenvalue weighted by Crippen LogP contribution is -2.57. The number of carbonyl (C=O) groups is 3. The number of amidine groups is 1. The van der Waals surface area contributed by atoms with Crippen LogP contribution in [0.2, 0.25) is 0 Å². The van der Waals surface area contributed by atoms with E-state index < -0.39 is 56.5 Å². The number of nitrogens with one attached hydrogen (secondary N) is 2. The van der Waals surface area contributed by atoms with Crippen molar-refractivity contribution in [2.24, 2.45) is 28.3 Å². The van der Waals surface area contributed by atoms with Gasteiger partial charge in [-0.05, 0) is 43.5 Å². The lowest BCUT2D eigenvalue weighted by atomic mass is 10.1. The van der Waals surface area contributed by atoms with Gasteiger partial charge in [0.25, 0.3) is 5.91 Å². The second-order valence-corrected chi connectivity index (χ2v) is 11.9. The van der Waals surface area contributed by atoms with E-state index in [9.17, 15) is 22.8 Å². The predicted octanol–water partition coefficient (Wildman–Crippen LogP) is -1.91. The average Bonchev–Trinajstić information content (AvgIpc) is 3.84. The van der Waals surface area contributed by atoms with Crippen LogP contribution in [0.15, 0.2) is 42.0 Å². The first-order valence-electron chi connectivity index (χ1n) is 12.5. The van der Waals surface area contributed by atoms with E-state index in [-0.39, 0.29) is 31.8 Å².